The number of imide groups is 1. The van der Waals surface area contributed by atoms with E-state index in [4.69, 9.17) is 14.2 Å². The third-order valence-corrected chi connectivity index (χ3v) is 11.2. The number of para-hydroxylation sites is 2. The standard InChI is InChI=1S/C39H30N6O8/c1-51-19-14-12-18(13-15-19)17-42-36(47)28-26-20-8-4-6-10-22(20)43-24-16-25(35(46)31(24)45-34(39(50)53-3)30(40-41-45)38(49)52-2)44-23-11-7-5-9-21(23)27(29(28)37(42)48)33(44)32(26)43/h4-15,24-25,31,35,46H,16-17H2,1-3H3/t24-,25+,31-,35-/m0/s1. The van der Waals surface area contributed by atoms with Gasteiger partial charge in [0.25, 0.3) is 11.8 Å². The Balaban J connectivity index is 1.30. The number of esters is 2. The lowest BCUT2D eigenvalue weighted by molar-refractivity contribution is 0.0520. The number of carbonyl (C=O) groups excluding carboxylic acids is 4. The van der Waals surface area contributed by atoms with Crippen molar-refractivity contribution in [1.29, 1.82) is 0 Å². The van der Waals surface area contributed by atoms with Crippen LogP contribution >= 0.6 is 0 Å². The molecule has 264 valence electrons. The number of amides is 2. The van der Waals surface area contributed by atoms with Gasteiger partial charge in [-0.1, -0.05) is 53.7 Å². The first kappa shape index (κ1) is 31.2. The van der Waals surface area contributed by atoms with E-state index in [2.05, 4.69) is 19.4 Å². The normalized spacial score (nSPS) is 20.3. The van der Waals surface area contributed by atoms with E-state index >= 15 is 0 Å². The van der Waals surface area contributed by atoms with E-state index in [0.717, 1.165) is 38.4 Å². The summed E-state index contributed by atoms with van der Waals surface area (Å²) in [6.45, 7) is 0.0633. The maximum absolute atomic E-state index is 14.7. The molecule has 0 saturated heterocycles. The fourth-order valence-electron chi connectivity index (χ4n) is 9.11. The molecule has 10 rings (SSSR count). The number of rotatable bonds is 6. The van der Waals surface area contributed by atoms with Gasteiger partial charge in [-0.25, -0.2) is 14.3 Å². The fraction of sp³-hybridized carbons (Fsp3) is 0.231. The lowest BCUT2D eigenvalue weighted by Crippen LogP contribution is -2.33. The van der Waals surface area contributed by atoms with E-state index in [1.165, 1.54) is 23.8 Å². The number of aliphatic hydroxyl groups is 1. The zero-order valence-electron chi connectivity index (χ0n) is 28.6. The number of fused-ring (bicyclic) bond motifs is 13. The van der Waals surface area contributed by atoms with Gasteiger partial charge in [0, 0.05) is 32.6 Å². The van der Waals surface area contributed by atoms with Crippen molar-refractivity contribution < 1.29 is 38.5 Å². The Bertz CT molecular complexity index is 2780. The molecule has 3 aliphatic rings. The Labute approximate surface area is 299 Å². The third kappa shape index (κ3) is 3.90. The molecule has 2 aliphatic heterocycles. The first-order valence-electron chi connectivity index (χ1n) is 17.1. The minimum absolute atomic E-state index is 0.0633. The number of aromatic nitrogens is 5. The zero-order valence-corrected chi connectivity index (χ0v) is 28.6. The summed E-state index contributed by atoms with van der Waals surface area (Å²) >= 11 is 0. The van der Waals surface area contributed by atoms with Crippen LogP contribution in [0.4, 0.5) is 0 Å². The molecule has 2 bridgehead atoms. The van der Waals surface area contributed by atoms with Crippen LogP contribution in [0.3, 0.4) is 0 Å². The van der Waals surface area contributed by atoms with Gasteiger partial charge in [-0.2, -0.15) is 0 Å². The average molecular weight is 711 g/mol. The number of ether oxygens (including phenoxy) is 3. The molecule has 14 heteroatoms. The third-order valence-electron chi connectivity index (χ3n) is 11.2. The first-order chi connectivity index (χ1) is 25.8. The molecule has 14 nitrogen and oxygen atoms in total. The molecule has 1 aliphatic carbocycles. The van der Waals surface area contributed by atoms with E-state index in [0.29, 0.717) is 34.1 Å². The summed E-state index contributed by atoms with van der Waals surface area (Å²) in [6.07, 6.45) is -0.775. The van der Waals surface area contributed by atoms with Crippen LogP contribution in [-0.4, -0.2) is 85.3 Å². The number of benzene rings is 4. The summed E-state index contributed by atoms with van der Waals surface area (Å²) in [5.74, 6) is -1.87. The Kier molecular flexibility index (Phi) is 6.47. The predicted molar refractivity (Wildman–Crippen MR) is 190 cm³/mol. The van der Waals surface area contributed by atoms with Gasteiger partial charge in [-0.15, -0.1) is 5.10 Å². The summed E-state index contributed by atoms with van der Waals surface area (Å²) < 4.78 is 20.8. The molecule has 1 N–H and O–H groups in total. The van der Waals surface area contributed by atoms with Crippen LogP contribution < -0.4 is 4.74 Å². The Morgan fingerprint density at radius 2 is 1.34 bits per heavy atom. The molecule has 1 fully saturated rings. The lowest BCUT2D eigenvalue weighted by Gasteiger charge is -2.28. The molecule has 53 heavy (non-hydrogen) atoms. The number of hydrogen-bond acceptors (Lipinski definition) is 10. The van der Waals surface area contributed by atoms with Gasteiger partial charge in [0.1, 0.15) is 11.8 Å². The van der Waals surface area contributed by atoms with Gasteiger partial charge in [0.2, 0.25) is 5.69 Å². The van der Waals surface area contributed by atoms with E-state index in [1.54, 1.807) is 19.2 Å². The Morgan fingerprint density at radius 3 is 1.91 bits per heavy atom. The highest BCUT2D eigenvalue weighted by atomic mass is 16.5. The van der Waals surface area contributed by atoms with E-state index in [9.17, 15) is 24.3 Å². The summed E-state index contributed by atoms with van der Waals surface area (Å²) in [7, 11) is 3.94. The van der Waals surface area contributed by atoms with Crippen LogP contribution in [-0.2, 0) is 16.0 Å². The number of methoxy groups -OCH3 is 3. The van der Waals surface area contributed by atoms with Crippen LogP contribution in [0.5, 0.6) is 5.75 Å². The van der Waals surface area contributed by atoms with Crippen molar-refractivity contribution in [3.05, 3.63) is 101 Å². The van der Waals surface area contributed by atoms with Crippen LogP contribution in [0.25, 0.3) is 43.6 Å². The van der Waals surface area contributed by atoms with E-state index in [-0.39, 0.29) is 17.9 Å². The highest BCUT2D eigenvalue weighted by Gasteiger charge is 2.53. The smallest absolute Gasteiger partial charge is 0.361 e. The second-order valence-electron chi connectivity index (χ2n) is 13.6. The molecule has 3 aromatic heterocycles. The first-order valence-corrected chi connectivity index (χ1v) is 17.1. The number of carbonyl (C=O) groups is 4. The van der Waals surface area contributed by atoms with Gasteiger partial charge < -0.3 is 28.5 Å². The average Bonchev–Trinajstić information content (AvgIpc) is 3.96. The zero-order chi connectivity index (χ0) is 36.4. The largest absolute Gasteiger partial charge is 0.497 e. The van der Waals surface area contributed by atoms with Crippen molar-refractivity contribution >= 4 is 67.4 Å². The Hall–Kier alpha value is -6.54. The van der Waals surface area contributed by atoms with Crippen molar-refractivity contribution in [3.8, 4) is 5.75 Å². The minimum Gasteiger partial charge on any atom is -0.497 e. The monoisotopic (exact) mass is 710 g/mol. The van der Waals surface area contributed by atoms with Crippen molar-refractivity contribution in [2.45, 2.75) is 37.2 Å². The highest BCUT2D eigenvalue weighted by molar-refractivity contribution is 6.39. The molecular weight excluding hydrogens is 680 g/mol. The predicted octanol–water partition coefficient (Wildman–Crippen LogP) is 4.97. The van der Waals surface area contributed by atoms with Crippen LogP contribution in [0.2, 0.25) is 0 Å². The second-order valence-corrected chi connectivity index (χ2v) is 13.6. The van der Waals surface area contributed by atoms with Gasteiger partial charge in [-0.3, -0.25) is 14.5 Å². The lowest BCUT2D eigenvalue weighted by atomic mass is 9.96. The molecular formula is C39H30N6O8. The van der Waals surface area contributed by atoms with E-state index < -0.39 is 48.0 Å². The summed E-state index contributed by atoms with van der Waals surface area (Å²) in [4.78, 5) is 56.8. The SMILES string of the molecule is COC(=O)c1nnn([C@@H]2[C@@H](O)[C@H]3C[C@@H]2n2c4ccccc4c4c5c(c6c7ccccc7n3c6c42)C(=O)N(Cc2ccc(OC)cc2)C5=O)c1C(=O)OC. The van der Waals surface area contributed by atoms with Gasteiger partial charge in [0.15, 0.2) is 5.69 Å². The molecule has 4 aromatic carbocycles. The van der Waals surface area contributed by atoms with Crippen molar-refractivity contribution in [1.82, 2.24) is 29.0 Å². The molecule has 0 unspecified atom stereocenters. The van der Waals surface area contributed by atoms with Crippen molar-refractivity contribution in [3.63, 3.8) is 0 Å². The maximum atomic E-state index is 14.7. The molecule has 0 radical (unpaired) electrons. The summed E-state index contributed by atoms with van der Waals surface area (Å²) in [5, 5.41) is 23.5. The summed E-state index contributed by atoms with van der Waals surface area (Å²) in [6, 6.07) is 20.5. The topological polar surface area (TPSA) is 160 Å². The number of nitrogens with zero attached hydrogens (tertiary/aromatic N) is 6. The van der Waals surface area contributed by atoms with Crippen molar-refractivity contribution in [2.24, 2.45) is 0 Å². The van der Waals surface area contributed by atoms with Crippen molar-refractivity contribution in [2.75, 3.05) is 21.3 Å². The molecule has 5 heterocycles. The molecule has 7 aromatic rings. The van der Waals surface area contributed by atoms with Gasteiger partial charge in [0.05, 0.1) is 68.2 Å². The fourth-order valence-corrected chi connectivity index (χ4v) is 9.11. The maximum Gasteiger partial charge on any atom is 0.361 e. The van der Waals surface area contributed by atoms with E-state index in [1.807, 2.05) is 60.7 Å². The Morgan fingerprint density at radius 1 is 0.774 bits per heavy atom. The second kappa shape index (κ2) is 11.0. The van der Waals surface area contributed by atoms with Crippen LogP contribution in [0.15, 0.2) is 72.8 Å². The molecule has 2 amide bonds. The molecule has 1 saturated carbocycles. The van der Waals surface area contributed by atoms with Gasteiger partial charge >= 0.3 is 11.9 Å². The molecule has 0 spiro atoms. The minimum atomic E-state index is -1.16. The van der Waals surface area contributed by atoms with Crippen LogP contribution in [0.1, 0.15) is 71.8 Å². The highest BCUT2D eigenvalue weighted by Crippen LogP contribution is 2.57. The molecule has 4 atom stereocenters. The number of aliphatic hydroxyl groups excluding tert-OH is 1. The van der Waals surface area contributed by atoms with Gasteiger partial charge in [-0.05, 0) is 36.2 Å². The quantitative estimate of drug-likeness (QED) is 0.184. The number of hydrogen-bond donors (Lipinski definition) is 1. The summed E-state index contributed by atoms with van der Waals surface area (Å²) in [5.41, 5.74) is 3.84. The van der Waals surface area contributed by atoms with Crippen LogP contribution in [0, 0.1) is 0 Å².